The summed E-state index contributed by atoms with van der Waals surface area (Å²) in [6.07, 6.45) is 1.21. The lowest BCUT2D eigenvalue weighted by atomic mass is 9.93. The second-order valence-corrected chi connectivity index (χ2v) is 4.11. The standard InChI is InChI=1S/C8H20N2/c1-8(2,3)6-7-9-10(4)5/h9H,6-7H2,1-5H3. The Kier molecular flexibility index (Phi) is 3.91. The SMILES string of the molecule is CN(C)NCCC(C)(C)C. The number of rotatable bonds is 3. The zero-order valence-electron chi connectivity index (χ0n) is 7.86. The van der Waals surface area contributed by atoms with Crippen molar-refractivity contribution >= 4 is 0 Å². The van der Waals surface area contributed by atoms with Crippen LogP contribution in [0.4, 0.5) is 0 Å². The Balaban J connectivity index is 3.21. The first-order valence-corrected chi connectivity index (χ1v) is 3.83. The second-order valence-electron chi connectivity index (χ2n) is 4.11. The van der Waals surface area contributed by atoms with Gasteiger partial charge in [-0.3, -0.25) is 10.4 Å². The summed E-state index contributed by atoms with van der Waals surface area (Å²) in [4.78, 5) is 0. The Hall–Kier alpha value is -0.0800. The van der Waals surface area contributed by atoms with Crippen LogP contribution in [0.15, 0.2) is 0 Å². The Bertz CT molecular complexity index is 81.7. The predicted octanol–water partition coefficient (Wildman–Crippen LogP) is 1.49. The molecular weight excluding hydrogens is 124 g/mol. The van der Waals surface area contributed by atoms with Gasteiger partial charge in [0, 0.05) is 20.6 Å². The van der Waals surface area contributed by atoms with Crippen LogP contribution in [0.3, 0.4) is 0 Å². The molecule has 0 fully saturated rings. The monoisotopic (exact) mass is 144 g/mol. The van der Waals surface area contributed by atoms with E-state index in [0.29, 0.717) is 5.41 Å². The highest BCUT2D eigenvalue weighted by Crippen LogP contribution is 2.16. The third-order valence-corrected chi connectivity index (χ3v) is 1.30. The van der Waals surface area contributed by atoms with Crippen LogP contribution in [0.25, 0.3) is 0 Å². The second kappa shape index (κ2) is 3.94. The van der Waals surface area contributed by atoms with Gasteiger partial charge in [-0.15, -0.1) is 0 Å². The predicted molar refractivity (Wildman–Crippen MR) is 45.8 cm³/mol. The summed E-state index contributed by atoms with van der Waals surface area (Å²) in [6, 6.07) is 0. The highest BCUT2D eigenvalue weighted by molar-refractivity contribution is 4.61. The first kappa shape index (κ1) is 9.92. The summed E-state index contributed by atoms with van der Waals surface area (Å²) in [5.41, 5.74) is 3.68. The average molecular weight is 144 g/mol. The first-order valence-electron chi connectivity index (χ1n) is 3.83. The maximum absolute atomic E-state index is 3.24. The van der Waals surface area contributed by atoms with E-state index >= 15 is 0 Å². The molecular formula is C8H20N2. The van der Waals surface area contributed by atoms with Crippen molar-refractivity contribution in [2.24, 2.45) is 5.41 Å². The number of nitrogens with zero attached hydrogens (tertiary/aromatic N) is 1. The molecule has 0 spiro atoms. The molecule has 0 aromatic heterocycles. The van der Waals surface area contributed by atoms with Gasteiger partial charge in [0.1, 0.15) is 0 Å². The Labute approximate surface area is 64.6 Å². The number of hydrazine groups is 1. The minimum atomic E-state index is 0.447. The van der Waals surface area contributed by atoms with Gasteiger partial charge in [0.15, 0.2) is 0 Å². The molecule has 0 radical (unpaired) electrons. The third kappa shape index (κ3) is 7.92. The molecule has 0 atom stereocenters. The van der Waals surface area contributed by atoms with Crippen LogP contribution in [0.2, 0.25) is 0 Å². The van der Waals surface area contributed by atoms with E-state index in [0.717, 1.165) is 6.54 Å². The number of hydrogen-bond acceptors (Lipinski definition) is 2. The zero-order valence-corrected chi connectivity index (χ0v) is 7.86. The molecule has 0 saturated heterocycles. The molecule has 0 bridgehead atoms. The summed E-state index contributed by atoms with van der Waals surface area (Å²) in [7, 11) is 4.03. The first-order chi connectivity index (χ1) is 4.42. The van der Waals surface area contributed by atoms with Crippen molar-refractivity contribution in [2.45, 2.75) is 27.2 Å². The molecule has 0 rings (SSSR count). The lowest BCUT2D eigenvalue weighted by Gasteiger charge is -2.20. The molecule has 2 nitrogen and oxygen atoms in total. The molecule has 0 aliphatic rings. The summed E-state index contributed by atoms with van der Waals surface area (Å²) >= 11 is 0. The van der Waals surface area contributed by atoms with E-state index in [-0.39, 0.29) is 0 Å². The lowest BCUT2D eigenvalue weighted by molar-refractivity contribution is 0.256. The summed E-state index contributed by atoms with van der Waals surface area (Å²) < 4.78 is 0. The molecule has 0 aromatic carbocycles. The van der Waals surface area contributed by atoms with E-state index in [1.54, 1.807) is 0 Å². The molecule has 0 saturated carbocycles. The van der Waals surface area contributed by atoms with E-state index in [1.165, 1.54) is 6.42 Å². The van der Waals surface area contributed by atoms with E-state index in [1.807, 2.05) is 19.1 Å². The van der Waals surface area contributed by atoms with Crippen molar-refractivity contribution < 1.29 is 0 Å². The highest BCUT2D eigenvalue weighted by atomic mass is 15.5. The fraction of sp³-hybridized carbons (Fsp3) is 1.00. The zero-order chi connectivity index (χ0) is 8.20. The van der Waals surface area contributed by atoms with Crippen LogP contribution < -0.4 is 5.43 Å². The lowest BCUT2D eigenvalue weighted by Crippen LogP contribution is -2.32. The quantitative estimate of drug-likeness (QED) is 0.604. The van der Waals surface area contributed by atoms with Crippen molar-refractivity contribution in [3.63, 3.8) is 0 Å². The van der Waals surface area contributed by atoms with Crippen molar-refractivity contribution in [1.29, 1.82) is 0 Å². The molecule has 0 amide bonds. The molecule has 2 heteroatoms. The van der Waals surface area contributed by atoms with Crippen molar-refractivity contribution in [1.82, 2.24) is 10.4 Å². The minimum Gasteiger partial charge on any atom is -0.256 e. The van der Waals surface area contributed by atoms with Crippen molar-refractivity contribution in [3.8, 4) is 0 Å². The Morgan fingerprint density at radius 3 is 2.00 bits per heavy atom. The summed E-state index contributed by atoms with van der Waals surface area (Å²) in [5.74, 6) is 0. The van der Waals surface area contributed by atoms with Crippen LogP contribution in [-0.4, -0.2) is 25.6 Å². The summed E-state index contributed by atoms with van der Waals surface area (Å²) in [5, 5.41) is 1.99. The molecule has 0 aliphatic heterocycles. The van der Waals surface area contributed by atoms with Crippen molar-refractivity contribution in [3.05, 3.63) is 0 Å². The van der Waals surface area contributed by atoms with Crippen LogP contribution in [0.1, 0.15) is 27.2 Å². The maximum Gasteiger partial charge on any atom is 0.0107 e. The van der Waals surface area contributed by atoms with E-state index in [2.05, 4.69) is 26.2 Å². The molecule has 0 aliphatic carbocycles. The van der Waals surface area contributed by atoms with Gasteiger partial charge < -0.3 is 0 Å². The van der Waals surface area contributed by atoms with Gasteiger partial charge in [-0.2, -0.15) is 0 Å². The molecule has 0 heterocycles. The van der Waals surface area contributed by atoms with Gasteiger partial charge in [0.05, 0.1) is 0 Å². The molecule has 10 heavy (non-hydrogen) atoms. The minimum absolute atomic E-state index is 0.447. The van der Waals surface area contributed by atoms with Gasteiger partial charge in [-0.1, -0.05) is 20.8 Å². The maximum atomic E-state index is 3.24. The normalized spacial score (nSPS) is 12.6. The van der Waals surface area contributed by atoms with Gasteiger partial charge in [-0.05, 0) is 11.8 Å². The van der Waals surface area contributed by atoms with Crippen LogP contribution in [0, 0.1) is 5.41 Å². The molecule has 1 N–H and O–H groups in total. The fourth-order valence-corrected chi connectivity index (χ4v) is 0.655. The highest BCUT2D eigenvalue weighted by Gasteiger charge is 2.08. The van der Waals surface area contributed by atoms with E-state index < -0.39 is 0 Å². The Morgan fingerprint density at radius 2 is 1.70 bits per heavy atom. The molecule has 62 valence electrons. The smallest absolute Gasteiger partial charge is 0.0107 e. The number of nitrogens with one attached hydrogen (secondary N) is 1. The van der Waals surface area contributed by atoms with Crippen LogP contribution >= 0.6 is 0 Å². The van der Waals surface area contributed by atoms with Gasteiger partial charge >= 0.3 is 0 Å². The summed E-state index contributed by atoms with van der Waals surface area (Å²) in [6.45, 7) is 7.83. The van der Waals surface area contributed by atoms with E-state index in [4.69, 9.17) is 0 Å². The van der Waals surface area contributed by atoms with E-state index in [9.17, 15) is 0 Å². The van der Waals surface area contributed by atoms with Crippen LogP contribution in [0.5, 0.6) is 0 Å². The van der Waals surface area contributed by atoms with Gasteiger partial charge in [-0.25, -0.2) is 0 Å². The molecule has 0 unspecified atom stereocenters. The molecule has 0 aromatic rings. The third-order valence-electron chi connectivity index (χ3n) is 1.30. The number of hydrogen-bond donors (Lipinski definition) is 1. The van der Waals surface area contributed by atoms with Gasteiger partial charge in [0.2, 0.25) is 0 Å². The average Bonchev–Trinajstić information content (AvgIpc) is 1.59. The largest absolute Gasteiger partial charge is 0.256 e. The Morgan fingerprint density at radius 1 is 1.20 bits per heavy atom. The fourth-order valence-electron chi connectivity index (χ4n) is 0.655. The van der Waals surface area contributed by atoms with Crippen LogP contribution in [-0.2, 0) is 0 Å². The topological polar surface area (TPSA) is 15.3 Å². The van der Waals surface area contributed by atoms with Gasteiger partial charge in [0.25, 0.3) is 0 Å². The van der Waals surface area contributed by atoms with Crippen molar-refractivity contribution in [2.75, 3.05) is 20.6 Å².